The molecule has 100 valence electrons. The second-order valence-electron chi connectivity index (χ2n) is 8.31. The molecule has 0 bridgehead atoms. The Kier molecular flexibility index (Phi) is 3.11. The minimum absolute atomic E-state index is 0.169. The van der Waals surface area contributed by atoms with Crippen LogP contribution in [0.5, 0.6) is 0 Å². The summed E-state index contributed by atoms with van der Waals surface area (Å²) < 4.78 is 0. The first-order valence-corrected chi connectivity index (χ1v) is 6.98. The molecule has 0 saturated heterocycles. The Labute approximate surface area is 105 Å². The smallest absolute Gasteiger partial charge is 0.0550 e. The number of aliphatic hydroxyl groups excluding tert-OH is 2. The molecule has 2 heteroatoms. The van der Waals surface area contributed by atoms with Gasteiger partial charge in [0.1, 0.15) is 0 Å². The molecule has 0 radical (unpaired) electrons. The van der Waals surface area contributed by atoms with Crippen molar-refractivity contribution in [2.75, 3.05) is 0 Å². The van der Waals surface area contributed by atoms with Crippen LogP contribution in [-0.2, 0) is 0 Å². The zero-order valence-corrected chi connectivity index (χ0v) is 11.8. The van der Waals surface area contributed by atoms with Gasteiger partial charge in [0.05, 0.1) is 12.2 Å². The van der Waals surface area contributed by atoms with Gasteiger partial charge in [-0.15, -0.1) is 0 Å². The summed E-state index contributed by atoms with van der Waals surface area (Å²) in [4.78, 5) is 0. The van der Waals surface area contributed by atoms with E-state index in [-0.39, 0.29) is 28.5 Å². The molecule has 2 aliphatic carbocycles. The van der Waals surface area contributed by atoms with Crippen molar-refractivity contribution in [1.29, 1.82) is 0 Å². The maximum absolute atomic E-state index is 10.1. The van der Waals surface area contributed by atoms with Crippen LogP contribution in [0.2, 0.25) is 0 Å². The van der Waals surface area contributed by atoms with Gasteiger partial charge in [-0.2, -0.15) is 0 Å². The Morgan fingerprint density at radius 3 is 1.35 bits per heavy atom. The summed E-state index contributed by atoms with van der Waals surface area (Å²) in [6, 6.07) is 0. The topological polar surface area (TPSA) is 40.5 Å². The number of aliphatic hydroxyl groups is 2. The van der Waals surface area contributed by atoms with E-state index in [0.29, 0.717) is 0 Å². The minimum atomic E-state index is -0.181. The van der Waals surface area contributed by atoms with Gasteiger partial charge >= 0.3 is 0 Å². The van der Waals surface area contributed by atoms with Gasteiger partial charge in [-0.25, -0.2) is 0 Å². The highest BCUT2D eigenvalue weighted by atomic mass is 16.3. The van der Waals surface area contributed by atoms with Gasteiger partial charge in [0, 0.05) is 0 Å². The Morgan fingerprint density at radius 2 is 1.06 bits per heavy atom. The average Bonchev–Trinajstić information content (AvgIpc) is 1.90. The van der Waals surface area contributed by atoms with Crippen LogP contribution >= 0.6 is 0 Å². The molecule has 2 fully saturated rings. The van der Waals surface area contributed by atoms with E-state index in [1.165, 1.54) is 0 Å². The summed E-state index contributed by atoms with van der Waals surface area (Å²) in [5.41, 5.74) is 0.595. The third kappa shape index (κ3) is 3.03. The largest absolute Gasteiger partial charge is 0.393 e. The van der Waals surface area contributed by atoms with E-state index >= 15 is 0 Å². The third-order valence-electron chi connectivity index (χ3n) is 4.62. The van der Waals surface area contributed by atoms with Crippen molar-refractivity contribution in [2.24, 2.45) is 16.2 Å². The van der Waals surface area contributed by atoms with Crippen molar-refractivity contribution >= 4 is 0 Å². The van der Waals surface area contributed by atoms with Crippen molar-refractivity contribution in [3.8, 4) is 0 Å². The Morgan fingerprint density at radius 1 is 0.706 bits per heavy atom. The molecule has 0 aromatic rings. The molecule has 0 heterocycles. The lowest BCUT2D eigenvalue weighted by molar-refractivity contribution is -0.0946. The van der Waals surface area contributed by atoms with E-state index in [0.717, 1.165) is 38.5 Å². The van der Waals surface area contributed by atoms with Crippen LogP contribution in [0.4, 0.5) is 0 Å². The zero-order valence-electron chi connectivity index (χ0n) is 11.8. The Hall–Kier alpha value is -0.0800. The fraction of sp³-hybridized carbons (Fsp3) is 1.00. The van der Waals surface area contributed by atoms with E-state index < -0.39 is 0 Å². The number of rotatable bonds is 0. The van der Waals surface area contributed by atoms with Crippen molar-refractivity contribution < 1.29 is 10.2 Å². The fourth-order valence-electron chi connectivity index (χ4n) is 5.03. The van der Waals surface area contributed by atoms with Crippen molar-refractivity contribution in [1.82, 2.24) is 0 Å². The monoisotopic (exact) mass is 240 g/mol. The highest BCUT2D eigenvalue weighted by molar-refractivity contribution is 5.00. The molecule has 17 heavy (non-hydrogen) atoms. The molecule has 0 aromatic heterocycles. The molecule has 2 rings (SSSR count). The molecule has 1 spiro atoms. The Balaban J connectivity index is 2.22. The number of hydrogen-bond donors (Lipinski definition) is 2. The van der Waals surface area contributed by atoms with Gasteiger partial charge in [-0.1, -0.05) is 27.7 Å². The summed E-state index contributed by atoms with van der Waals surface area (Å²) in [5.74, 6) is 0. The van der Waals surface area contributed by atoms with Crippen molar-refractivity contribution in [2.45, 2.75) is 78.4 Å². The fourth-order valence-corrected chi connectivity index (χ4v) is 5.03. The molecule has 0 aliphatic heterocycles. The van der Waals surface area contributed by atoms with Crippen LogP contribution in [0.1, 0.15) is 66.2 Å². The third-order valence-corrected chi connectivity index (χ3v) is 4.62. The van der Waals surface area contributed by atoms with Gasteiger partial charge in [0.25, 0.3) is 0 Å². The molecule has 2 saturated carbocycles. The first-order valence-electron chi connectivity index (χ1n) is 6.98. The second kappa shape index (κ2) is 3.96. The molecule has 0 aromatic carbocycles. The Bertz CT molecular complexity index is 263. The lowest BCUT2D eigenvalue weighted by atomic mass is 9.53. The molecule has 2 unspecified atom stereocenters. The van der Waals surface area contributed by atoms with Crippen LogP contribution in [0.15, 0.2) is 0 Å². The minimum Gasteiger partial charge on any atom is -0.393 e. The molecule has 2 nitrogen and oxygen atoms in total. The average molecular weight is 240 g/mol. The summed E-state index contributed by atoms with van der Waals surface area (Å²) >= 11 is 0. The molecule has 2 N–H and O–H groups in total. The predicted molar refractivity (Wildman–Crippen MR) is 69.7 cm³/mol. The standard InChI is InChI=1S/C15H28O2/c1-13(2)5-11(16)7-15(9-13)8-12(17)6-14(3,4)10-15/h11-12,16-17H,5-10H2,1-4H3. The zero-order chi connectivity index (χ0) is 12.9. The molecule has 2 atom stereocenters. The first-order chi connectivity index (χ1) is 7.62. The van der Waals surface area contributed by atoms with Gasteiger partial charge < -0.3 is 10.2 Å². The highest BCUT2D eigenvalue weighted by Crippen LogP contribution is 2.57. The van der Waals surface area contributed by atoms with Gasteiger partial charge in [-0.3, -0.25) is 0 Å². The van der Waals surface area contributed by atoms with Crippen LogP contribution in [0, 0.1) is 16.2 Å². The normalized spacial score (nSPS) is 44.8. The number of hydrogen-bond acceptors (Lipinski definition) is 2. The summed E-state index contributed by atoms with van der Waals surface area (Å²) in [6.45, 7) is 9.02. The van der Waals surface area contributed by atoms with Crippen LogP contribution < -0.4 is 0 Å². The quantitative estimate of drug-likeness (QED) is 0.683. The van der Waals surface area contributed by atoms with E-state index in [1.54, 1.807) is 0 Å². The molecule has 2 aliphatic rings. The predicted octanol–water partition coefficient (Wildman–Crippen LogP) is 3.11. The summed E-state index contributed by atoms with van der Waals surface area (Å²) in [7, 11) is 0. The first kappa shape index (κ1) is 13.4. The van der Waals surface area contributed by atoms with E-state index in [9.17, 15) is 10.2 Å². The van der Waals surface area contributed by atoms with Gasteiger partial charge in [-0.05, 0) is 54.8 Å². The summed E-state index contributed by atoms with van der Waals surface area (Å²) in [5, 5.41) is 20.3. The molecular weight excluding hydrogens is 212 g/mol. The van der Waals surface area contributed by atoms with Gasteiger partial charge in [0.2, 0.25) is 0 Å². The molecule has 0 amide bonds. The van der Waals surface area contributed by atoms with E-state index in [4.69, 9.17) is 0 Å². The maximum atomic E-state index is 10.1. The van der Waals surface area contributed by atoms with E-state index in [1.807, 2.05) is 0 Å². The lowest BCUT2D eigenvalue weighted by Gasteiger charge is -2.54. The second-order valence-corrected chi connectivity index (χ2v) is 8.31. The van der Waals surface area contributed by atoms with Gasteiger partial charge in [0.15, 0.2) is 0 Å². The SMILES string of the molecule is CC1(C)CC(O)CC2(CC(O)CC(C)(C)C2)C1. The van der Waals surface area contributed by atoms with Crippen LogP contribution in [0.3, 0.4) is 0 Å². The lowest BCUT2D eigenvalue weighted by Crippen LogP contribution is -2.47. The molecular formula is C15H28O2. The highest BCUT2D eigenvalue weighted by Gasteiger charge is 2.49. The van der Waals surface area contributed by atoms with Crippen LogP contribution in [0.25, 0.3) is 0 Å². The summed E-state index contributed by atoms with van der Waals surface area (Å²) in [6.07, 6.45) is 5.53. The van der Waals surface area contributed by atoms with Crippen LogP contribution in [-0.4, -0.2) is 22.4 Å². The maximum Gasteiger partial charge on any atom is 0.0550 e. The van der Waals surface area contributed by atoms with E-state index in [2.05, 4.69) is 27.7 Å². The van der Waals surface area contributed by atoms with Crippen molar-refractivity contribution in [3.63, 3.8) is 0 Å². The van der Waals surface area contributed by atoms with Crippen molar-refractivity contribution in [3.05, 3.63) is 0 Å².